The first kappa shape index (κ1) is 17.3. The van der Waals surface area contributed by atoms with Gasteiger partial charge in [-0.2, -0.15) is 5.26 Å². The number of anilines is 1. The van der Waals surface area contributed by atoms with Crippen molar-refractivity contribution in [3.05, 3.63) is 64.0 Å². The molecule has 0 fully saturated rings. The van der Waals surface area contributed by atoms with E-state index in [4.69, 9.17) is 4.74 Å². The topological polar surface area (TPSA) is 79.2 Å². The summed E-state index contributed by atoms with van der Waals surface area (Å²) >= 11 is 1.44. The molecular weight excluding hydrogens is 360 g/mol. The number of thiophene rings is 1. The van der Waals surface area contributed by atoms with E-state index in [2.05, 4.69) is 11.4 Å². The molecule has 3 aromatic rings. The van der Waals surface area contributed by atoms with Crippen LogP contribution in [0.5, 0.6) is 0 Å². The van der Waals surface area contributed by atoms with E-state index in [0.29, 0.717) is 16.1 Å². The molecule has 5 nitrogen and oxygen atoms in total. The molecule has 2 aromatic carbocycles. The van der Waals surface area contributed by atoms with E-state index >= 15 is 0 Å². The Hall–Kier alpha value is -3.17. The number of hydrogen-bond acceptors (Lipinski definition) is 5. The lowest BCUT2D eigenvalue weighted by Crippen LogP contribution is -2.21. The molecule has 0 saturated heterocycles. The standard InChI is InChI=1S/C21H16N2O3S/c22-11-17-15-8-4-10-18(15)27-20(17)23-19(24)12-26-21(25)16-9-3-6-13-5-1-2-7-14(13)16/h1-3,5-7,9H,4,8,10,12H2,(H,23,24). The minimum Gasteiger partial charge on any atom is -0.452 e. The number of nitrogens with zero attached hydrogens (tertiary/aromatic N) is 1. The SMILES string of the molecule is N#Cc1c(NC(=O)COC(=O)c2cccc3ccccc23)sc2c1CCC2. The average molecular weight is 376 g/mol. The summed E-state index contributed by atoms with van der Waals surface area (Å²) in [5, 5.41) is 14.4. The maximum atomic E-state index is 12.4. The second-order valence-corrected chi connectivity index (χ2v) is 7.43. The van der Waals surface area contributed by atoms with Crippen LogP contribution in [0, 0.1) is 11.3 Å². The normalized spacial score (nSPS) is 12.4. The molecule has 0 saturated carbocycles. The van der Waals surface area contributed by atoms with E-state index in [1.54, 1.807) is 12.1 Å². The van der Waals surface area contributed by atoms with Crippen LogP contribution < -0.4 is 5.32 Å². The van der Waals surface area contributed by atoms with E-state index in [1.165, 1.54) is 11.3 Å². The van der Waals surface area contributed by atoms with Crippen molar-refractivity contribution in [2.24, 2.45) is 0 Å². The second kappa shape index (κ2) is 7.22. The van der Waals surface area contributed by atoms with Gasteiger partial charge in [-0.15, -0.1) is 11.3 Å². The molecule has 0 atom stereocenters. The Kier molecular flexibility index (Phi) is 4.61. The number of aryl methyl sites for hydroxylation is 1. The minimum absolute atomic E-state index is 0.393. The number of nitriles is 1. The molecule has 4 rings (SSSR count). The summed E-state index contributed by atoms with van der Waals surface area (Å²) in [4.78, 5) is 25.8. The summed E-state index contributed by atoms with van der Waals surface area (Å²) in [7, 11) is 0. The molecule has 0 aliphatic heterocycles. The van der Waals surface area contributed by atoms with Crippen molar-refractivity contribution < 1.29 is 14.3 Å². The summed E-state index contributed by atoms with van der Waals surface area (Å²) in [5.41, 5.74) is 2.01. The van der Waals surface area contributed by atoms with E-state index in [-0.39, 0.29) is 0 Å². The van der Waals surface area contributed by atoms with Crippen LogP contribution in [0.15, 0.2) is 42.5 Å². The number of carbonyl (C=O) groups is 2. The van der Waals surface area contributed by atoms with Gasteiger partial charge in [0.15, 0.2) is 6.61 Å². The fourth-order valence-corrected chi connectivity index (χ4v) is 4.64. The lowest BCUT2D eigenvalue weighted by Gasteiger charge is -2.08. The largest absolute Gasteiger partial charge is 0.452 e. The third kappa shape index (κ3) is 3.29. The number of ether oxygens (including phenoxy) is 1. The molecule has 134 valence electrons. The van der Waals surface area contributed by atoms with Crippen LogP contribution in [0.2, 0.25) is 0 Å². The molecule has 1 N–H and O–H groups in total. The first-order valence-corrected chi connectivity index (χ1v) is 9.48. The lowest BCUT2D eigenvalue weighted by atomic mass is 10.1. The van der Waals surface area contributed by atoms with E-state index < -0.39 is 18.5 Å². The van der Waals surface area contributed by atoms with Gasteiger partial charge in [0.05, 0.1) is 11.1 Å². The van der Waals surface area contributed by atoms with Gasteiger partial charge < -0.3 is 10.1 Å². The zero-order valence-corrected chi connectivity index (χ0v) is 15.3. The maximum Gasteiger partial charge on any atom is 0.339 e. The van der Waals surface area contributed by atoms with Crippen LogP contribution in [0.4, 0.5) is 5.00 Å². The van der Waals surface area contributed by atoms with Crippen LogP contribution >= 0.6 is 11.3 Å². The zero-order chi connectivity index (χ0) is 18.8. The van der Waals surface area contributed by atoms with E-state index in [0.717, 1.165) is 40.5 Å². The fraction of sp³-hybridized carbons (Fsp3) is 0.190. The first-order valence-electron chi connectivity index (χ1n) is 8.66. The number of fused-ring (bicyclic) bond motifs is 2. The fourth-order valence-electron chi connectivity index (χ4n) is 3.39. The third-order valence-corrected chi connectivity index (χ3v) is 5.84. The van der Waals surface area contributed by atoms with Crippen molar-refractivity contribution in [2.75, 3.05) is 11.9 Å². The summed E-state index contributed by atoms with van der Waals surface area (Å²) in [6.45, 7) is -0.393. The van der Waals surface area contributed by atoms with Gasteiger partial charge in [0.1, 0.15) is 11.1 Å². The van der Waals surface area contributed by atoms with Crippen LogP contribution in [-0.4, -0.2) is 18.5 Å². The first-order chi connectivity index (χ1) is 13.2. The number of amides is 1. The van der Waals surface area contributed by atoms with Crippen molar-refractivity contribution in [2.45, 2.75) is 19.3 Å². The molecule has 0 unspecified atom stereocenters. The van der Waals surface area contributed by atoms with Crippen LogP contribution in [0.25, 0.3) is 10.8 Å². The Morgan fingerprint density at radius 2 is 1.96 bits per heavy atom. The number of hydrogen-bond donors (Lipinski definition) is 1. The van der Waals surface area contributed by atoms with E-state index in [9.17, 15) is 14.9 Å². The highest BCUT2D eigenvalue weighted by Crippen LogP contribution is 2.38. The number of carbonyl (C=O) groups excluding carboxylic acids is 2. The van der Waals surface area contributed by atoms with Gasteiger partial charge in [0.25, 0.3) is 5.91 Å². The Labute approximate surface area is 160 Å². The smallest absolute Gasteiger partial charge is 0.339 e. The molecule has 0 radical (unpaired) electrons. The van der Waals surface area contributed by atoms with Crippen molar-refractivity contribution in [3.8, 4) is 6.07 Å². The van der Waals surface area contributed by atoms with Gasteiger partial charge in [-0.1, -0.05) is 36.4 Å². The summed E-state index contributed by atoms with van der Waals surface area (Å²) in [6.07, 6.45) is 2.87. The Bertz CT molecular complexity index is 1090. The average Bonchev–Trinajstić information content (AvgIpc) is 3.26. The zero-order valence-electron chi connectivity index (χ0n) is 14.5. The molecule has 27 heavy (non-hydrogen) atoms. The van der Waals surface area contributed by atoms with Crippen LogP contribution in [0.1, 0.15) is 32.8 Å². The Balaban J connectivity index is 1.44. The predicted octanol–water partition coefficient (Wildman–Crippen LogP) is 4.06. The highest BCUT2D eigenvalue weighted by atomic mass is 32.1. The molecule has 1 aliphatic rings. The van der Waals surface area contributed by atoms with Crippen LogP contribution in [-0.2, 0) is 22.4 Å². The van der Waals surface area contributed by atoms with Crippen LogP contribution in [0.3, 0.4) is 0 Å². The molecule has 6 heteroatoms. The molecule has 1 aromatic heterocycles. The quantitative estimate of drug-likeness (QED) is 0.697. The van der Waals surface area contributed by atoms with Gasteiger partial charge in [-0.3, -0.25) is 4.79 Å². The molecule has 1 heterocycles. The molecule has 1 aliphatic carbocycles. The van der Waals surface area contributed by atoms with Crippen molar-refractivity contribution in [1.82, 2.24) is 0 Å². The maximum absolute atomic E-state index is 12.4. The molecular formula is C21H16N2O3S. The highest BCUT2D eigenvalue weighted by molar-refractivity contribution is 7.16. The highest BCUT2D eigenvalue weighted by Gasteiger charge is 2.23. The Morgan fingerprint density at radius 1 is 1.15 bits per heavy atom. The number of nitrogens with one attached hydrogen (secondary N) is 1. The van der Waals surface area contributed by atoms with Gasteiger partial charge >= 0.3 is 5.97 Å². The monoisotopic (exact) mass is 376 g/mol. The molecule has 0 bridgehead atoms. The summed E-state index contributed by atoms with van der Waals surface area (Å²) in [5.74, 6) is -0.990. The predicted molar refractivity (Wildman–Crippen MR) is 104 cm³/mol. The minimum atomic E-state index is -0.545. The van der Waals surface area contributed by atoms with E-state index in [1.807, 2.05) is 30.3 Å². The van der Waals surface area contributed by atoms with Gasteiger partial charge in [-0.05, 0) is 41.7 Å². The number of benzene rings is 2. The number of esters is 1. The van der Waals surface area contributed by atoms with Gasteiger partial charge in [0, 0.05) is 4.88 Å². The van der Waals surface area contributed by atoms with Crippen molar-refractivity contribution in [1.29, 1.82) is 5.26 Å². The van der Waals surface area contributed by atoms with Crippen molar-refractivity contribution >= 4 is 39.0 Å². The Morgan fingerprint density at radius 3 is 2.81 bits per heavy atom. The summed E-state index contributed by atoms with van der Waals surface area (Å²) in [6, 6.07) is 15.1. The van der Waals surface area contributed by atoms with Gasteiger partial charge in [-0.25, -0.2) is 4.79 Å². The van der Waals surface area contributed by atoms with Crippen molar-refractivity contribution in [3.63, 3.8) is 0 Å². The second-order valence-electron chi connectivity index (χ2n) is 6.32. The third-order valence-electron chi connectivity index (χ3n) is 4.63. The van der Waals surface area contributed by atoms with Gasteiger partial charge in [0.2, 0.25) is 0 Å². The lowest BCUT2D eigenvalue weighted by molar-refractivity contribution is -0.119. The molecule has 1 amide bonds. The number of rotatable bonds is 4. The molecule has 0 spiro atoms. The summed E-state index contributed by atoms with van der Waals surface area (Å²) < 4.78 is 5.19.